The molecule has 3 rings (SSSR count). The van der Waals surface area contributed by atoms with Crippen molar-refractivity contribution in [3.63, 3.8) is 0 Å². The molecule has 19 heavy (non-hydrogen) atoms. The second kappa shape index (κ2) is 5.61. The Kier molecular flexibility index (Phi) is 3.86. The highest BCUT2D eigenvalue weighted by Crippen LogP contribution is 2.33. The summed E-state index contributed by atoms with van der Waals surface area (Å²) >= 11 is 5.20. The first-order valence-corrected chi connectivity index (χ1v) is 8.03. The van der Waals surface area contributed by atoms with Gasteiger partial charge in [0.05, 0.1) is 17.8 Å². The van der Waals surface area contributed by atoms with Crippen molar-refractivity contribution >= 4 is 27.3 Å². The number of hydrogen-bond acceptors (Lipinski definition) is 4. The molecule has 100 valence electrons. The Morgan fingerprint density at radius 3 is 3.21 bits per heavy atom. The Labute approximate surface area is 125 Å². The van der Waals surface area contributed by atoms with Crippen molar-refractivity contribution in [1.29, 1.82) is 0 Å². The van der Waals surface area contributed by atoms with Crippen molar-refractivity contribution in [1.82, 2.24) is 10.3 Å². The number of ether oxygens (including phenoxy) is 1. The number of aromatic nitrogens is 1. The van der Waals surface area contributed by atoms with E-state index in [-0.39, 0.29) is 6.04 Å². The standard InChI is InChI=1S/C14H15BrN2OS/c1-9(13-7-19-8-17-13)16-6-11-5-12(15)4-10-2-3-18-14(10)11/h4-5,7-9,16H,2-3,6H2,1H3. The van der Waals surface area contributed by atoms with Gasteiger partial charge in [0.15, 0.2) is 0 Å². The summed E-state index contributed by atoms with van der Waals surface area (Å²) in [5.74, 6) is 1.06. The van der Waals surface area contributed by atoms with E-state index >= 15 is 0 Å². The summed E-state index contributed by atoms with van der Waals surface area (Å²) in [6.07, 6.45) is 1.00. The maximum Gasteiger partial charge on any atom is 0.127 e. The second-order valence-electron chi connectivity index (χ2n) is 4.67. The molecule has 0 saturated carbocycles. The first kappa shape index (κ1) is 13.1. The van der Waals surface area contributed by atoms with Gasteiger partial charge in [0.25, 0.3) is 0 Å². The van der Waals surface area contributed by atoms with Crippen LogP contribution in [-0.4, -0.2) is 11.6 Å². The average molecular weight is 339 g/mol. The molecule has 0 bridgehead atoms. The topological polar surface area (TPSA) is 34.1 Å². The minimum Gasteiger partial charge on any atom is -0.493 e. The highest BCUT2D eigenvalue weighted by molar-refractivity contribution is 9.10. The Bertz CT molecular complexity index is 571. The minimum absolute atomic E-state index is 0.252. The molecule has 1 atom stereocenters. The molecule has 3 nitrogen and oxygen atoms in total. The number of hydrogen-bond donors (Lipinski definition) is 1. The number of benzene rings is 1. The van der Waals surface area contributed by atoms with Crippen molar-refractivity contribution in [2.24, 2.45) is 0 Å². The highest BCUT2D eigenvalue weighted by atomic mass is 79.9. The van der Waals surface area contributed by atoms with Crippen LogP contribution in [0.1, 0.15) is 29.8 Å². The molecule has 1 aromatic heterocycles. The van der Waals surface area contributed by atoms with Crippen LogP contribution in [0.15, 0.2) is 27.5 Å². The summed E-state index contributed by atoms with van der Waals surface area (Å²) in [5.41, 5.74) is 5.47. The Morgan fingerprint density at radius 2 is 2.42 bits per heavy atom. The van der Waals surface area contributed by atoms with E-state index in [0.717, 1.165) is 35.5 Å². The van der Waals surface area contributed by atoms with Gasteiger partial charge in [-0.25, -0.2) is 4.98 Å². The average Bonchev–Trinajstić information content (AvgIpc) is 3.05. The number of thiazole rings is 1. The quantitative estimate of drug-likeness (QED) is 0.922. The highest BCUT2D eigenvalue weighted by Gasteiger charge is 2.18. The monoisotopic (exact) mass is 338 g/mol. The predicted molar refractivity (Wildman–Crippen MR) is 80.7 cm³/mol. The number of fused-ring (bicyclic) bond motifs is 1. The van der Waals surface area contributed by atoms with E-state index in [0.29, 0.717) is 0 Å². The van der Waals surface area contributed by atoms with Crippen molar-refractivity contribution in [3.8, 4) is 5.75 Å². The van der Waals surface area contributed by atoms with Gasteiger partial charge in [0.1, 0.15) is 5.75 Å². The molecule has 2 heterocycles. The SMILES string of the molecule is CC(NCc1cc(Br)cc2c1OCC2)c1cscn1. The fourth-order valence-corrected chi connectivity index (χ4v) is 3.48. The van der Waals surface area contributed by atoms with Gasteiger partial charge < -0.3 is 10.1 Å². The molecule has 0 saturated heterocycles. The van der Waals surface area contributed by atoms with Crippen LogP contribution < -0.4 is 10.1 Å². The Morgan fingerprint density at radius 1 is 1.53 bits per heavy atom. The van der Waals surface area contributed by atoms with Crippen LogP contribution in [-0.2, 0) is 13.0 Å². The molecule has 1 N–H and O–H groups in total. The van der Waals surface area contributed by atoms with Gasteiger partial charge in [-0.15, -0.1) is 11.3 Å². The molecule has 2 aromatic rings. The lowest BCUT2D eigenvalue weighted by molar-refractivity contribution is 0.351. The first-order valence-electron chi connectivity index (χ1n) is 6.29. The summed E-state index contributed by atoms with van der Waals surface area (Å²) in [4.78, 5) is 4.33. The summed E-state index contributed by atoms with van der Waals surface area (Å²) < 4.78 is 6.85. The molecule has 0 spiro atoms. The zero-order valence-electron chi connectivity index (χ0n) is 10.6. The lowest BCUT2D eigenvalue weighted by Gasteiger charge is -2.14. The van der Waals surface area contributed by atoms with Crippen LogP contribution in [0.5, 0.6) is 5.75 Å². The van der Waals surface area contributed by atoms with Gasteiger partial charge in [-0.2, -0.15) is 0 Å². The lowest BCUT2D eigenvalue weighted by Crippen LogP contribution is -2.18. The summed E-state index contributed by atoms with van der Waals surface area (Å²) in [7, 11) is 0. The largest absolute Gasteiger partial charge is 0.493 e. The molecular weight excluding hydrogens is 324 g/mol. The third-order valence-electron chi connectivity index (χ3n) is 3.32. The molecule has 5 heteroatoms. The third-order valence-corrected chi connectivity index (χ3v) is 4.38. The van der Waals surface area contributed by atoms with Crippen LogP contribution in [0, 0.1) is 0 Å². The van der Waals surface area contributed by atoms with Crippen molar-refractivity contribution in [2.45, 2.75) is 25.9 Å². The van der Waals surface area contributed by atoms with Gasteiger partial charge in [-0.1, -0.05) is 15.9 Å². The molecular formula is C14H15BrN2OS. The third kappa shape index (κ3) is 2.83. The maximum atomic E-state index is 5.73. The van der Waals surface area contributed by atoms with Gasteiger partial charge in [-0.05, 0) is 24.6 Å². The van der Waals surface area contributed by atoms with Crippen molar-refractivity contribution < 1.29 is 4.74 Å². The number of nitrogens with one attached hydrogen (secondary N) is 1. The lowest BCUT2D eigenvalue weighted by atomic mass is 10.1. The van der Waals surface area contributed by atoms with Crippen LogP contribution in [0.3, 0.4) is 0 Å². The van der Waals surface area contributed by atoms with E-state index in [1.807, 2.05) is 5.51 Å². The molecule has 1 aliphatic rings. The maximum absolute atomic E-state index is 5.73. The predicted octanol–water partition coefficient (Wildman–Crippen LogP) is 3.69. The summed E-state index contributed by atoms with van der Waals surface area (Å²) in [5, 5.41) is 5.58. The van der Waals surface area contributed by atoms with E-state index in [1.54, 1.807) is 11.3 Å². The molecule has 0 fully saturated rings. The molecule has 1 unspecified atom stereocenters. The van der Waals surface area contributed by atoms with Crippen LogP contribution >= 0.6 is 27.3 Å². The van der Waals surface area contributed by atoms with Crippen molar-refractivity contribution in [3.05, 3.63) is 44.3 Å². The number of rotatable bonds is 4. The Hall–Kier alpha value is -0.910. The Balaban J connectivity index is 1.74. The van der Waals surface area contributed by atoms with Gasteiger partial charge >= 0.3 is 0 Å². The smallest absolute Gasteiger partial charge is 0.127 e. The van der Waals surface area contributed by atoms with Gasteiger partial charge in [-0.3, -0.25) is 0 Å². The van der Waals surface area contributed by atoms with E-state index in [9.17, 15) is 0 Å². The van der Waals surface area contributed by atoms with E-state index in [4.69, 9.17) is 4.74 Å². The van der Waals surface area contributed by atoms with Crippen LogP contribution in [0.2, 0.25) is 0 Å². The van der Waals surface area contributed by atoms with Crippen LogP contribution in [0.25, 0.3) is 0 Å². The fraction of sp³-hybridized carbons (Fsp3) is 0.357. The van der Waals surface area contributed by atoms with Gasteiger partial charge in [0, 0.05) is 34.4 Å². The number of halogens is 1. The fourth-order valence-electron chi connectivity index (χ4n) is 2.28. The summed E-state index contributed by atoms with van der Waals surface area (Å²) in [6.45, 7) is 3.72. The van der Waals surface area contributed by atoms with Gasteiger partial charge in [0.2, 0.25) is 0 Å². The first-order chi connectivity index (χ1) is 9.24. The van der Waals surface area contributed by atoms with E-state index < -0.39 is 0 Å². The molecule has 0 amide bonds. The molecule has 1 aromatic carbocycles. The zero-order chi connectivity index (χ0) is 13.2. The minimum atomic E-state index is 0.252. The normalized spacial score (nSPS) is 15.1. The molecule has 1 aliphatic heterocycles. The summed E-state index contributed by atoms with van der Waals surface area (Å²) in [6, 6.07) is 4.53. The van der Waals surface area contributed by atoms with Crippen molar-refractivity contribution in [2.75, 3.05) is 6.61 Å². The second-order valence-corrected chi connectivity index (χ2v) is 6.30. The number of nitrogens with zero attached hydrogens (tertiary/aromatic N) is 1. The van der Waals surface area contributed by atoms with E-state index in [2.05, 4.69) is 50.7 Å². The molecule has 0 radical (unpaired) electrons. The van der Waals surface area contributed by atoms with Crippen LogP contribution in [0.4, 0.5) is 0 Å². The van der Waals surface area contributed by atoms with E-state index in [1.165, 1.54) is 11.1 Å². The zero-order valence-corrected chi connectivity index (χ0v) is 13.1. The molecule has 0 aliphatic carbocycles.